The molecule has 2 rings (SSSR count). The normalized spacial score (nSPS) is 48.3. The van der Waals surface area contributed by atoms with E-state index in [-0.39, 0.29) is 0 Å². The van der Waals surface area contributed by atoms with Crippen LogP contribution in [0.25, 0.3) is 0 Å². The molecule has 9 heavy (non-hydrogen) atoms. The summed E-state index contributed by atoms with van der Waals surface area (Å²) in [5.74, 6) is 4.31. The lowest BCUT2D eigenvalue weighted by atomic mass is 9.90. The van der Waals surface area contributed by atoms with Crippen LogP contribution in [-0.4, -0.2) is 5.75 Å². The van der Waals surface area contributed by atoms with E-state index in [1.54, 1.807) is 0 Å². The first-order valence-corrected chi connectivity index (χ1v) is 4.64. The monoisotopic (exact) mass is 142 g/mol. The summed E-state index contributed by atoms with van der Waals surface area (Å²) in [5, 5.41) is 0. The second kappa shape index (κ2) is 2.19. The van der Waals surface area contributed by atoms with Gasteiger partial charge in [0.15, 0.2) is 0 Å². The van der Waals surface area contributed by atoms with Crippen molar-refractivity contribution in [3.63, 3.8) is 0 Å². The minimum absolute atomic E-state index is 0.993. The highest BCUT2D eigenvalue weighted by Gasteiger charge is 2.38. The molecule has 2 aliphatic carbocycles. The van der Waals surface area contributed by atoms with Gasteiger partial charge in [0.05, 0.1) is 0 Å². The molecule has 0 spiro atoms. The SMILES string of the molecule is SC[C@@H]1C[C@@H]2CC[C@H]1C2. The van der Waals surface area contributed by atoms with Crippen molar-refractivity contribution in [2.45, 2.75) is 25.7 Å². The van der Waals surface area contributed by atoms with Crippen LogP contribution in [0.1, 0.15) is 25.7 Å². The predicted octanol–water partition coefficient (Wildman–Crippen LogP) is 2.35. The summed E-state index contributed by atoms with van der Waals surface area (Å²) in [5.41, 5.74) is 0. The minimum atomic E-state index is 0.993. The molecule has 0 saturated heterocycles. The summed E-state index contributed by atoms with van der Waals surface area (Å²) in [6.45, 7) is 0. The summed E-state index contributed by atoms with van der Waals surface area (Å²) in [7, 11) is 0. The van der Waals surface area contributed by atoms with Crippen LogP contribution >= 0.6 is 12.6 Å². The standard InChI is InChI=1S/C8H14S/c9-5-8-4-6-1-2-7(8)3-6/h6-9H,1-5H2/t6-,7+,8+/m1/s1. The van der Waals surface area contributed by atoms with Crippen molar-refractivity contribution in [2.75, 3.05) is 5.75 Å². The lowest BCUT2D eigenvalue weighted by molar-refractivity contribution is 0.366. The quantitative estimate of drug-likeness (QED) is 0.534. The molecule has 3 atom stereocenters. The fourth-order valence-corrected chi connectivity index (χ4v) is 3.05. The van der Waals surface area contributed by atoms with Gasteiger partial charge in [-0.25, -0.2) is 0 Å². The lowest BCUT2D eigenvalue weighted by Crippen LogP contribution is -2.11. The van der Waals surface area contributed by atoms with Crippen LogP contribution in [0, 0.1) is 17.8 Å². The van der Waals surface area contributed by atoms with E-state index < -0.39 is 0 Å². The zero-order valence-corrected chi connectivity index (χ0v) is 6.61. The largest absolute Gasteiger partial charge is 0.179 e. The van der Waals surface area contributed by atoms with Crippen LogP contribution in [0.2, 0.25) is 0 Å². The van der Waals surface area contributed by atoms with E-state index >= 15 is 0 Å². The Morgan fingerprint density at radius 2 is 2.11 bits per heavy atom. The number of thiol groups is 1. The third-order valence-corrected chi connectivity index (χ3v) is 3.59. The zero-order chi connectivity index (χ0) is 6.27. The third kappa shape index (κ3) is 0.899. The molecule has 2 bridgehead atoms. The number of fused-ring (bicyclic) bond motifs is 2. The lowest BCUT2D eigenvalue weighted by Gasteiger charge is -2.18. The fourth-order valence-electron chi connectivity index (χ4n) is 2.60. The van der Waals surface area contributed by atoms with Crippen LogP contribution in [-0.2, 0) is 0 Å². The van der Waals surface area contributed by atoms with Crippen LogP contribution in [0.5, 0.6) is 0 Å². The molecule has 52 valence electrons. The Kier molecular flexibility index (Phi) is 1.48. The van der Waals surface area contributed by atoms with Crippen LogP contribution in [0.3, 0.4) is 0 Å². The fraction of sp³-hybridized carbons (Fsp3) is 1.00. The Morgan fingerprint density at radius 3 is 2.44 bits per heavy atom. The molecule has 0 heterocycles. The minimum Gasteiger partial charge on any atom is -0.179 e. The summed E-state index contributed by atoms with van der Waals surface area (Å²) in [6, 6.07) is 0. The van der Waals surface area contributed by atoms with Crippen molar-refractivity contribution in [1.29, 1.82) is 0 Å². The van der Waals surface area contributed by atoms with Crippen molar-refractivity contribution < 1.29 is 0 Å². The van der Waals surface area contributed by atoms with Gasteiger partial charge in [0.2, 0.25) is 0 Å². The van der Waals surface area contributed by atoms with Gasteiger partial charge in [-0.05, 0) is 42.8 Å². The zero-order valence-electron chi connectivity index (χ0n) is 5.71. The molecule has 0 N–H and O–H groups in total. The molecule has 0 amide bonds. The van der Waals surface area contributed by atoms with Gasteiger partial charge in [0.25, 0.3) is 0 Å². The molecule has 0 nitrogen and oxygen atoms in total. The average Bonchev–Trinajstić information content (AvgIpc) is 2.45. The maximum atomic E-state index is 4.35. The van der Waals surface area contributed by atoms with Gasteiger partial charge in [-0.1, -0.05) is 6.42 Å². The average molecular weight is 142 g/mol. The topological polar surface area (TPSA) is 0 Å². The van der Waals surface area contributed by atoms with E-state index in [0.29, 0.717) is 0 Å². The smallest absolute Gasteiger partial charge is 0.00667 e. The van der Waals surface area contributed by atoms with Gasteiger partial charge in [-0.15, -0.1) is 0 Å². The van der Waals surface area contributed by atoms with Crippen molar-refractivity contribution in [3.8, 4) is 0 Å². The molecule has 2 fully saturated rings. The van der Waals surface area contributed by atoms with Gasteiger partial charge in [-0.2, -0.15) is 12.6 Å². The van der Waals surface area contributed by atoms with E-state index in [9.17, 15) is 0 Å². The number of hydrogen-bond acceptors (Lipinski definition) is 1. The molecule has 2 aliphatic rings. The van der Waals surface area contributed by atoms with Crippen molar-refractivity contribution >= 4 is 12.6 Å². The first-order valence-electron chi connectivity index (χ1n) is 4.01. The third-order valence-electron chi connectivity index (χ3n) is 3.12. The van der Waals surface area contributed by atoms with Crippen LogP contribution in [0.4, 0.5) is 0 Å². The molecule has 2 saturated carbocycles. The maximum absolute atomic E-state index is 4.35. The molecule has 0 aromatic heterocycles. The van der Waals surface area contributed by atoms with E-state index in [1.165, 1.54) is 25.7 Å². The first-order chi connectivity index (χ1) is 4.40. The Labute approximate surface area is 62.4 Å². The molecule has 0 radical (unpaired) electrons. The first kappa shape index (κ1) is 6.09. The Morgan fingerprint density at radius 1 is 1.22 bits per heavy atom. The predicted molar refractivity (Wildman–Crippen MR) is 42.8 cm³/mol. The number of rotatable bonds is 1. The Hall–Kier alpha value is 0.350. The maximum Gasteiger partial charge on any atom is -0.00667 e. The number of hydrogen-bond donors (Lipinski definition) is 1. The summed E-state index contributed by atoms with van der Waals surface area (Å²) in [6.07, 6.45) is 6.06. The van der Waals surface area contributed by atoms with E-state index in [4.69, 9.17) is 0 Å². The van der Waals surface area contributed by atoms with Gasteiger partial charge < -0.3 is 0 Å². The van der Waals surface area contributed by atoms with E-state index in [1.807, 2.05) is 0 Å². The molecular formula is C8H14S. The second-order valence-corrected chi connectivity index (χ2v) is 3.98. The van der Waals surface area contributed by atoms with E-state index in [2.05, 4.69) is 12.6 Å². The highest BCUT2D eigenvalue weighted by atomic mass is 32.1. The highest BCUT2D eigenvalue weighted by Crippen LogP contribution is 2.48. The highest BCUT2D eigenvalue weighted by molar-refractivity contribution is 7.80. The Bertz CT molecular complexity index is 111. The second-order valence-electron chi connectivity index (χ2n) is 3.62. The summed E-state index contributed by atoms with van der Waals surface area (Å²) >= 11 is 4.35. The van der Waals surface area contributed by atoms with Gasteiger partial charge in [0, 0.05) is 0 Å². The summed E-state index contributed by atoms with van der Waals surface area (Å²) in [4.78, 5) is 0. The molecule has 0 unspecified atom stereocenters. The van der Waals surface area contributed by atoms with Crippen molar-refractivity contribution in [2.24, 2.45) is 17.8 Å². The van der Waals surface area contributed by atoms with Crippen LogP contribution < -0.4 is 0 Å². The van der Waals surface area contributed by atoms with Gasteiger partial charge in [-0.3, -0.25) is 0 Å². The summed E-state index contributed by atoms with van der Waals surface area (Å²) < 4.78 is 0. The Balaban J connectivity index is 2.01. The van der Waals surface area contributed by atoms with E-state index in [0.717, 1.165) is 23.5 Å². The molecular weight excluding hydrogens is 128 g/mol. The molecule has 1 heteroatoms. The molecule has 0 aromatic rings. The van der Waals surface area contributed by atoms with Crippen molar-refractivity contribution in [1.82, 2.24) is 0 Å². The molecule has 0 aliphatic heterocycles. The van der Waals surface area contributed by atoms with Gasteiger partial charge in [0.1, 0.15) is 0 Å². The van der Waals surface area contributed by atoms with Gasteiger partial charge >= 0.3 is 0 Å². The van der Waals surface area contributed by atoms with Crippen LogP contribution in [0.15, 0.2) is 0 Å². The van der Waals surface area contributed by atoms with Crippen molar-refractivity contribution in [3.05, 3.63) is 0 Å². The molecule has 0 aromatic carbocycles.